The molecule has 8 atom stereocenters. The number of allylic oxidation sites excluding steroid dienone is 4. The Labute approximate surface area is 296 Å². The number of nitrogens with zero attached hydrogens (tertiary/aromatic N) is 2. The lowest BCUT2D eigenvalue weighted by molar-refractivity contribution is -0.492. The standard InChI is InChI=1S/C34H51ClN2O13/c1-22-18-26-25-13-12-23-19-24(38)14-15-31(23,2)33(25,35)27(39)20-32(26,3)34(22,50-30(42)11-7-5-9-17-49-37(45)46)28(40)21-47-29(41)10-6-4-8-16-48-36(43)44/h14-15,19,22,25-27,39,43-46H,4-13,16-18,20-21H2,1-3H3/t22-,25?,26?,27-,31-,32-,33-,34-/m0/s1. The zero-order chi connectivity index (χ0) is 36.9. The Hall–Kier alpha value is -2.31. The van der Waals surface area contributed by atoms with Crippen LogP contribution in [0.25, 0.3) is 0 Å². The molecule has 0 radical (unpaired) electrons. The van der Waals surface area contributed by atoms with Crippen LogP contribution < -0.4 is 0 Å². The molecule has 16 heteroatoms. The van der Waals surface area contributed by atoms with E-state index in [9.17, 15) is 24.3 Å². The number of aliphatic hydroxyl groups is 1. The summed E-state index contributed by atoms with van der Waals surface area (Å²) in [6, 6.07) is 0. The lowest BCUT2D eigenvalue weighted by atomic mass is 9.45. The van der Waals surface area contributed by atoms with Crippen molar-refractivity contribution in [2.75, 3.05) is 19.8 Å². The van der Waals surface area contributed by atoms with Crippen LogP contribution in [0.15, 0.2) is 23.8 Å². The Morgan fingerprint density at radius 2 is 1.52 bits per heavy atom. The zero-order valence-corrected chi connectivity index (χ0v) is 29.7. The Morgan fingerprint density at radius 1 is 0.920 bits per heavy atom. The van der Waals surface area contributed by atoms with Gasteiger partial charge < -0.3 is 14.6 Å². The smallest absolute Gasteiger partial charge is 0.306 e. The third-order valence-corrected chi connectivity index (χ3v) is 12.6. The maximum atomic E-state index is 14.4. The molecule has 3 fully saturated rings. The molecule has 282 valence electrons. The highest BCUT2D eigenvalue weighted by Crippen LogP contribution is 2.72. The van der Waals surface area contributed by atoms with E-state index in [0.717, 1.165) is 5.57 Å². The molecule has 0 heterocycles. The van der Waals surface area contributed by atoms with Crippen LogP contribution >= 0.6 is 11.6 Å². The fourth-order valence-corrected chi connectivity index (χ4v) is 9.87. The van der Waals surface area contributed by atoms with Gasteiger partial charge in [0, 0.05) is 29.6 Å². The number of aliphatic hydroxyl groups excluding tert-OH is 1. The van der Waals surface area contributed by atoms with Crippen molar-refractivity contribution >= 4 is 35.1 Å². The minimum absolute atomic E-state index is 0.00548. The van der Waals surface area contributed by atoms with Gasteiger partial charge in [0.1, 0.15) is 0 Å². The molecule has 50 heavy (non-hydrogen) atoms. The molecular weight excluding hydrogens is 680 g/mol. The quantitative estimate of drug-likeness (QED) is 0.0572. The number of halogens is 1. The number of hydrogen-bond acceptors (Lipinski definition) is 15. The van der Waals surface area contributed by atoms with Gasteiger partial charge in [-0.1, -0.05) is 45.3 Å². The number of ether oxygens (including phenoxy) is 2. The van der Waals surface area contributed by atoms with Crippen molar-refractivity contribution in [1.82, 2.24) is 10.8 Å². The number of esters is 2. The van der Waals surface area contributed by atoms with Crippen molar-refractivity contribution in [2.24, 2.45) is 28.6 Å². The Balaban J connectivity index is 1.55. The van der Waals surface area contributed by atoms with Crippen LogP contribution in [0.5, 0.6) is 0 Å². The molecule has 0 aliphatic heterocycles. The van der Waals surface area contributed by atoms with Gasteiger partial charge in [0.25, 0.3) is 0 Å². The number of unbranched alkanes of at least 4 members (excludes halogenated alkanes) is 4. The van der Waals surface area contributed by atoms with Crippen molar-refractivity contribution in [1.29, 1.82) is 0 Å². The summed E-state index contributed by atoms with van der Waals surface area (Å²) in [4.78, 5) is 60.8. The van der Waals surface area contributed by atoms with Gasteiger partial charge in [-0.15, -0.1) is 11.6 Å². The highest BCUT2D eigenvalue weighted by atomic mass is 35.5. The minimum atomic E-state index is -1.74. The van der Waals surface area contributed by atoms with Gasteiger partial charge in [-0.25, -0.2) is 0 Å². The number of alkyl halides is 1. The molecule has 4 aliphatic rings. The number of carbonyl (C=O) groups is 4. The van der Waals surface area contributed by atoms with Crippen LogP contribution in [-0.4, -0.2) is 96.6 Å². The molecule has 0 spiro atoms. The number of Topliss-reactive ketones (excluding diaryl/α,β-unsaturated/α-hetero) is 1. The summed E-state index contributed by atoms with van der Waals surface area (Å²) in [5.74, 6) is -3.02. The van der Waals surface area contributed by atoms with Crippen LogP contribution in [0.1, 0.15) is 97.8 Å². The van der Waals surface area contributed by atoms with Gasteiger partial charge in [-0.05, 0) is 75.4 Å². The van der Waals surface area contributed by atoms with E-state index in [1.165, 1.54) is 6.08 Å². The largest absolute Gasteiger partial charge is 0.457 e. The van der Waals surface area contributed by atoms with Crippen LogP contribution in [0, 0.1) is 28.6 Å². The van der Waals surface area contributed by atoms with E-state index in [4.69, 9.17) is 41.9 Å². The third kappa shape index (κ3) is 7.87. The molecule has 2 unspecified atom stereocenters. The van der Waals surface area contributed by atoms with E-state index < -0.39 is 57.7 Å². The summed E-state index contributed by atoms with van der Waals surface area (Å²) >= 11 is 7.58. The lowest BCUT2D eigenvalue weighted by Gasteiger charge is -2.64. The van der Waals surface area contributed by atoms with E-state index in [2.05, 4.69) is 9.68 Å². The molecule has 15 nitrogen and oxygen atoms in total. The van der Waals surface area contributed by atoms with Crippen LogP contribution in [0.2, 0.25) is 0 Å². The summed E-state index contributed by atoms with van der Waals surface area (Å²) in [5, 5.41) is 45.9. The molecule has 4 aliphatic carbocycles. The summed E-state index contributed by atoms with van der Waals surface area (Å²) in [5.41, 5.74) is -2.77. The first-order valence-corrected chi connectivity index (χ1v) is 17.7. The number of ketones is 2. The van der Waals surface area contributed by atoms with E-state index in [1.807, 2.05) is 20.8 Å². The molecule has 5 N–H and O–H groups in total. The van der Waals surface area contributed by atoms with E-state index >= 15 is 0 Å². The first-order chi connectivity index (χ1) is 23.5. The highest BCUT2D eigenvalue weighted by Gasteiger charge is 2.76. The van der Waals surface area contributed by atoms with Crippen molar-refractivity contribution in [2.45, 2.75) is 114 Å². The summed E-state index contributed by atoms with van der Waals surface area (Å²) in [7, 11) is 0. The fraction of sp³-hybridized carbons (Fsp3) is 0.765. The minimum Gasteiger partial charge on any atom is -0.457 e. The summed E-state index contributed by atoms with van der Waals surface area (Å²) in [6.07, 6.45) is 8.01. The van der Waals surface area contributed by atoms with Crippen LogP contribution in [0.3, 0.4) is 0 Å². The van der Waals surface area contributed by atoms with Crippen LogP contribution in [-0.2, 0) is 38.3 Å². The molecule has 0 aromatic heterocycles. The lowest BCUT2D eigenvalue weighted by Crippen LogP contribution is -2.69. The normalized spacial score (nSPS) is 34.6. The zero-order valence-electron chi connectivity index (χ0n) is 28.9. The third-order valence-electron chi connectivity index (χ3n) is 11.7. The first-order valence-electron chi connectivity index (χ1n) is 17.4. The maximum Gasteiger partial charge on any atom is 0.306 e. The van der Waals surface area contributed by atoms with Gasteiger partial charge in [-0.2, -0.15) is 0 Å². The molecule has 0 bridgehead atoms. The number of rotatable bonds is 18. The van der Waals surface area contributed by atoms with Crippen molar-refractivity contribution in [3.8, 4) is 0 Å². The number of fused-ring (bicyclic) bond motifs is 5. The Morgan fingerprint density at radius 3 is 2.12 bits per heavy atom. The van der Waals surface area contributed by atoms with Gasteiger partial charge in [0.15, 0.2) is 18.0 Å². The number of carbonyl (C=O) groups excluding carboxylic acids is 4. The fourth-order valence-electron chi connectivity index (χ4n) is 9.34. The summed E-state index contributed by atoms with van der Waals surface area (Å²) in [6.45, 7) is 5.05. The van der Waals surface area contributed by atoms with Gasteiger partial charge in [-0.3, -0.25) is 49.7 Å². The van der Waals surface area contributed by atoms with Gasteiger partial charge in [0.2, 0.25) is 5.78 Å². The highest BCUT2D eigenvalue weighted by molar-refractivity contribution is 6.26. The van der Waals surface area contributed by atoms with E-state index in [0.29, 0.717) is 57.8 Å². The average Bonchev–Trinajstić information content (AvgIpc) is 3.26. The molecular formula is C34H51ClN2O13. The second-order valence-corrected chi connectivity index (χ2v) is 15.1. The SMILES string of the molecule is C[C@H]1CC2C3CCC4=CC(=O)C=C[C@]4(C)[C@@]3(Cl)[C@@H](O)C[C@]2(C)[C@@]1(OC(=O)CCCCCON(O)O)C(=O)COC(=O)CCCCCON(O)O. The van der Waals surface area contributed by atoms with Crippen molar-refractivity contribution < 1.29 is 64.3 Å². The predicted molar refractivity (Wildman–Crippen MR) is 172 cm³/mol. The summed E-state index contributed by atoms with van der Waals surface area (Å²) < 4.78 is 11.7. The Bertz CT molecular complexity index is 1330. The van der Waals surface area contributed by atoms with Gasteiger partial charge in [0.05, 0.1) is 35.0 Å². The van der Waals surface area contributed by atoms with Crippen LogP contribution in [0.4, 0.5) is 0 Å². The molecule has 0 aromatic carbocycles. The second-order valence-electron chi connectivity index (χ2n) is 14.5. The van der Waals surface area contributed by atoms with Crippen molar-refractivity contribution in [3.05, 3.63) is 23.8 Å². The van der Waals surface area contributed by atoms with E-state index in [-0.39, 0.29) is 60.9 Å². The molecule has 0 amide bonds. The second kappa shape index (κ2) is 16.6. The number of hydrogen-bond donors (Lipinski definition) is 5. The molecule has 4 rings (SSSR count). The van der Waals surface area contributed by atoms with E-state index in [1.54, 1.807) is 12.2 Å². The Kier molecular flexibility index (Phi) is 13.4. The molecule has 3 saturated carbocycles. The first kappa shape index (κ1) is 40.5. The average molecular weight is 731 g/mol. The topological polar surface area (TPSA) is 213 Å². The molecule has 0 saturated heterocycles. The monoisotopic (exact) mass is 730 g/mol. The molecule has 0 aromatic rings. The van der Waals surface area contributed by atoms with Crippen molar-refractivity contribution in [3.63, 3.8) is 0 Å². The predicted octanol–water partition coefficient (Wildman–Crippen LogP) is 4.41. The van der Waals surface area contributed by atoms with Gasteiger partial charge >= 0.3 is 11.9 Å². The maximum absolute atomic E-state index is 14.4.